The minimum atomic E-state index is -1.19. The summed E-state index contributed by atoms with van der Waals surface area (Å²) in [6.45, 7) is 2.08. The maximum atomic E-state index is 12.7. The Kier molecular flexibility index (Phi) is 5.22. The molecule has 0 bridgehead atoms. The number of ketones is 1. The maximum Gasteiger partial charge on any atom is 0.336 e. The average molecular weight is 361 g/mol. The first kappa shape index (κ1) is 18.2. The number of nitrogens with one attached hydrogen (secondary N) is 1. The van der Waals surface area contributed by atoms with Crippen molar-refractivity contribution in [2.75, 3.05) is 5.32 Å². The molecule has 0 spiro atoms. The molecular formula is C22H19NO4. The van der Waals surface area contributed by atoms with Crippen LogP contribution in [-0.4, -0.2) is 22.0 Å². The zero-order chi connectivity index (χ0) is 19.4. The second-order valence-electron chi connectivity index (χ2n) is 6.09. The second-order valence-corrected chi connectivity index (χ2v) is 6.09. The Balaban J connectivity index is 1.86. The molecule has 3 rings (SSSR count). The van der Waals surface area contributed by atoms with Crippen LogP contribution in [0.2, 0.25) is 0 Å². The number of phenols is 1. The van der Waals surface area contributed by atoms with Crippen LogP contribution in [0.25, 0.3) is 0 Å². The van der Waals surface area contributed by atoms with Crippen molar-refractivity contribution in [1.82, 2.24) is 0 Å². The molecule has 0 aliphatic carbocycles. The van der Waals surface area contributed by atoms with Gasteiger partial charge in [0.25, 0.3) is 0 Å². The number of aromatic hydroxyl groups is 1. The second kappa shape index (κ2) is 7.74. The summed E-state index contributed by atoms with van der Waals surface area (Å²) in [7, 11) is 0. The van der Waals surface area contributed by atoms with Crippen LogP contribution >= 0.6 is 0 Å². The number of aromatic carboxylic acids is 1. The van der Waals surface area contributed by atoms with E-state index in [4.69, 9.17) is 0 Å². The van der Waals surface area contributed by atoms with Gasteiger partial charge in [0, 0.05) is 23.0 Å². The van der Waals surface area contributed by atoms with Gasteiger partial charge in [-0.25, -0.2) is 4.79 Å². The molecule has 0 fully saturated rings. The van der Waals surface area contributed by atoms with E-state index in [0.29, 0.717) is 5.69 Å². The SMILES string of the molecule is CCc1ccc(Nc2ccc(C(=O)c3ccccc3C(=O)O)c(O)c2)cc1. The van der Waals surface area contributed by atoms with E-state index in [1.54, 1.807) is 18.2 Å². The average Bonchev–Trinajstić information content (AvgIpc) is 2.68. The number of hydrogen-bond donors (Lipinski definition) is 3. The van der Waals surface area contributed by atoms with Crippen molar-refractivity contribution < 1.29 is 19.8 Å². The van der Waals surface area contributed by atoms with Crippen LogP contribution in [0.1, 0.15) is 38.8 Å². The summed E-state index contributed by atoms with van der Waals surface area (Å²) >= 11 is 0. The van der Waals surface area contributed by atoms with Gasteiger partial charge in [-0.15, -0.1) is 0 Å². The highest BCUT2D eigenvalue weighted by Gasteiger charge is 2.20. The molecular weight excluding hydrogens is 342 g/mol. The lowest BCUT2D eigenvalue weighted by Gasteiger charge is -2.11. The molecule has 0 amide bonds. The molecule has 0 saturated heterocycles. The smallest absolute Gasteiger partial charge is 0.336 e. The van der Waals surface area contributed by atoms with E-state index >= 15 is 0 Å². The van der Waals surface area contributed by atoms with Gasteiger partial charge in [0.05, 0.1) is 11.1 Å². The zero-order valence-electron chi connectivity index (χ0n) is 14.8. The molecule has 0 atom stereocenters. The quantitative estimate of drug-likeness (QED) is 0.557. The monoisotopic (exact) mass is 361 g/mol. The highest BCUT2D eigenvalue weighted by atomic mass is 16.4. The number of carboxylic acids is 1. The fourth-order valence-electron chi connectivity index (χ4n) is 2.80. The lowest BCUT2D eigenvalue weighted by atomic mass is 9.97. The van der Waals surface area contributed by atoms with E-state index in [2.05, 4.69) is 12.2 Å². The summed E-state index contributed by atoms with van der Waals surface area (Å²) in [5, 5.41) is 22.7. The van der Waals surface area contributed by atoms with Crippen LogP contribution in [0.4, 0.5) is 11.4 Å². The number of rotatable bonds is 6. The van der Waals surface area contributed by atoms with Gasteiger partial charge in [0.15, 0.2) is 5.78 Å². The van der Waals surface area contributed by atoms with Crippen LogP contribution in [-0.2, 0) is 6.42 Å². The van der Waals surface area contributed by atoms with Gasteiger partial charge in [0.2, 0.25) is 0 Å². The van der Waals surface area contributed by atoms with Crippen molar-refractivity contribution in [2.45, 2.75) is 13.3 Å². The van der Waals surface area contributed by atoms with Crippen LogP contribution < -0.4 is 5.32 Å². The van der Waals surface area contributed by atoms with Gasteiger partial charge < -0.3 is 15.5 Å². The predicted octanol–water partition coefficient (Wildman–Crippen LogP) is 4.63. The van der Waals surface area contributed by atoms with Crippen LogP contribution in [0.15, 0.2) is 66.7 Å². The number of anilines is 2. The molecule has 5 nitrogen and oxygen atoms in total. The molecule has 3 N–H and O–H groups in total. The normalized spacial score (nSPS) is 10.4. The van der Waals surface area contributed by atoms with Crippen molar-refractivity contribution in [3.05, 3.63) is 89.0 Å². The van der Waals surface area contributed by atoms with Crippen LogP contribution in [0.3, 0.4) is 0 Å². The minimum absolute atomic E-state index is 0.0381. The number of benzene rings is 3. The Morgan fingerprint density at radius 2 is 1.48 bits per heavy atom. The lowest BCUT2D eigenvalue weighted by Crippen LogP contribution is -2.09. The molecule has 136 valence electrons. The molecule has 0 saturated carbocycles. The van der Waals surface area contributed by atoms with Gasteiger partial charge in [0.1, 0.15) is 5.75 Å². The number of carbonyl (C=O) groups is 2. The van der Waals surface area contributed by atoms with Crippen molar-refractivity contribution in [3.8, 4) is 5.75 Å². The van der Waals surface area contributed by atoms with E-state index in [1.165, 1.54) is 29.8 Å². The summed E-state index contributed by atoms with van der Waals surface area (Å²) in [5.41, 5.74) is 2.70. The van der Waals surface area contributed by atoms with Gasteiger partial charge in [-0.3, -0.25) is 4.79 Å². The van der Waals surface area contributed by atoms with E-state index < -0.39 is 11.8 Å². The number of phenolic OH excluding ortho intramolecular Hbond substituents is 1. The minimum Gasteiger partial charge on any atom is -0.507 e. The van der Waals surface area contributed by atoms with E-state index in [0.717, 1.165) is 12.1 Å². The number of hydrogen-bond acceptors (Lipinski definition) is 4. The Labute approximate surface area is 156 Å². The fourth-order valence-corrected chi connectivity index (χ4v) is 2.80. The van der Waals surface area contributed by atoms with Gasteiger partial charge in [-0.05, 0) is 42.3 Å². The van der Waals surface area contributed by atoms with E-state index in [1.807, 2.05) is 24.3 Å². The van der Waals surface area contributed by atoms with Crippen molar-refractivity contribution in [3.63, 3.8) is 0 Å². The first-order valence-electron chi connectivity index (χ1n) is 8.55. The topological polar surface area (TPSA) is 86.6 Å². The molecule has 0 aliphatic rings. The predicted molar refractivity (Wildman–Crippen MR) is 104 cm³/mol. The number of aryl methyl sites for hydroxylation is 1. The molecule has 3 aromatic rings. The molecule has 0 aromatic heterocycles. The van der Waals surface area contributed by atoms with Gasteiger partial charge in [-0.1, -0.05) is 37.3 Å². The lowest BCUT2D eigenvalue weighted by molar-refractivity contribution is 0.0692. The Morgan fingerprint density at radius 1 is 0.852 bits per heavy atom. The molecule has 0 aliphatic heterocycles. The maximum absolute atomic E-state index is 12.7. The molecule has 3 aromatic carbocycles. The van der Waals surface area contributed by atoms with Crippen LogP contribution in [0, 0.1) is 0 Å². The zero-order valence-corrected chi connectivity index (χ0v) is 14.8. The Hall–Kier alpha value is -3.60. The third kappa shape index (κ3) is 3.98. The highest BCUT2D eigenvalue weighted by Crippen LogP contribution is 2.27. The van der Waals surface area contributed by atoms with Crippen molar-refractivity contribution >= 4 is 23.1 Å². The number of carbonyl (C=O) groups excluding carboxylic acids is 1. The van der Waals surface area contributed by atoms with Gasteiger partial charge >= 0.3 is 5.97 Å². The summed E-state index contributed by atoms with van der Waals surface area (Å²) in [5.74, 6) is -1.94. The largest absolute Gasteiger partial charge is 0.507 e. The molecule has 0 unspecified atom stereocenters. The molecule has 0 heterocycles. The standard InChI is InChI=1S/C22H19NO4/c1-2-14-7-9-15(10-8-14)23-16-11-12-19(20(24)13-16)21(25)17-5-3-4-6-18(17)22(26)27/h3-13,23-24H,2H2,1H3,(H,26,27). The summed E-state index contributed by atoms with van der Waals surface area (Å²) in [6.07, 6.45) is 0.954. The van der Waals surface area contributed by atoms with Crippen molar-refractivity contribution in [1.29, 1.82) is 0 Å². The summed E-state index contributed by atoms with van der Waals surface area (Å²) in [6, 6.07) is 18.5. The summed E-state index contributed by atoms with van der Waals surface area (Å²) in [4.78, 5) is 24.0. The third-order valence-electron chi connectivity index (χ3n) is 4.30. The molecule has 27 heavy (non-hydrogen) atoms. The summed E-state index contributed by atoms with van der Waals surface area (Å²) < 4.78 is 0. The first-order valence-corrected chi connectivity index (χ1v) is 8.55. The molecule has 0 radical (unpaired) electrons. The van der Waals surface area contributed by atoms with E-state index in [-0.39, 0.29) is 22.4 Å². The number of carboxylic acid groups (broad SMARTS) is 1. The fraction of sp³-hybridized carbons (Fsp3) is 0.0909. The Bertz CT molecular complexity index is 993. The Morgan fingerprint density at radius 3 is 2.07 bits per heavy atom. The third-order valence-corrected chi connectivity index (χ3v) is 4.30. The molecule has 5 heteroatoms. The van der Waals surface area contributed by atoms with E-state index in [9.17, 15) is 19.8 Å². The van der Waals surface area contributed by atoms with Crippen LogP contribution in [0.5, 0.6) is 5.75 Å². The van der Waals surface area contributed by atoms with Crippen molar-refractivity contribution in [2.24, 2.45) is 0 Å². The highest BCUT2D eigenvalue weighted by molar-refractivity contribution is 6.15. The van der Waals surface area contributed by atoms with Gasteiger partial charge in [-0.2, -0.15) is 0 Å². The first-order chi connectivity index (χ1) is 13.0.